The van der Waals surface area contributed by atoms with Gasteiger partial charge >= 0.3 is 5.97 Å². The Kier molecular flexibility index (Phi) is 5.19. The maximum atomic E-state index is 10.8. The minimum Gasteiger partial charge on any atom is -0.481 e. The molecule has 0 saturated carbocycles. The van der Waals surface area contributed by atoms with Crippen LogP contribution in [0.15, 0.2) is 12.3 Å². The van der Waals surface area contributed by atoms with E-state index in [1.807, 2.05) is 0 Å². The molecule has 1 heterocycles. The lowest BCUT2D eigenvalue weighted by atomic mass is 10.2. The summed E-state index contributed by atoms with van der Waals surface area (Å²) < 4.78 is 4.98. The first-order valence-electron chi connectivity index (χ1n) is 5.53. The molecule has 1 aromatic rings. The number of pyridine rings is 1. The molecular formula is C11H15N3O5. The van der Waals surface area contributed by atoms with Gasteiger partial charge in [0.2, 0.25) is 0 Å². The molecular weight excluding hydrogens is 254 g/mol. The molecule has 1 atom stereocenters. The third-order valence-corrected chi connectivity index (χ3v) is 2.52. The van der Waals surface area contributed by atoms with Crippen LogP contribution in [0.25, 0.3) is 0 Å². The molecule has 1 rings (SSSR count). The standard InChI is InChI=1S/C11H15N3O5/c1-7-5-12-10(4-9(7)14(17)18)13-6-8(19-2)3-11(15)16/h4-5,8H,3,6H2,1-2H3,(H,12,13)(H,15,16). The molecule has 0 amide bonds. The first kappa shape index (κ1) is 14.8. The molecule has 0 saturated heterocycles. The largest absolute Gasteiger partial charge is 0.481 e. The van der Waals surface area contributed by atoms with Gasteiger partial charge in [0, 0.05) is 25.4 Å². The molecule has 104 valence electrons. The van der Waals surface area contributed by atoms with Gasteiger partial charge in [-0.2, -0.15) is 0 Å². The second-order valence-corrected chi connectivity index (χ2v) is 3.95. The van der Waals surface area contributed by atoms with E-state index >= 15 is 0 Å². The van der Waals surface area contributed by atoms with Crippen LogP contribution in [0.5, 0.6) is 0 Å². The summed E-state index contributed by atoms with van der Waals surface area (Å²) in [5.74, 6) is -0.666. The van der Waals surface area contributed by atoms with Gasteiger partial charge < -0.3 is 15.2 Å². The smallest absolute Gasteiger partial charge is 0.306 e. The van der Waals surface area contributed by atoms with Gasteiger partial charge in [-0.1, -0.05) is 0 Å². The maximum absolute atomic E-state index is 10.8. The molecule has 8 nitrogen and oxygen atoms in total. The van der Waals surface area contributed by atoms with Crippen LogP contribution in [0.3, 0.4) is 0 Å². The van der Waals surface area contributed by atoms with Crippen LogP contribution in [0.1, 0.15) is 12.0 Å². The fraction of sp³-hybridized carbons (Fsp3) is 0.455. The summed E-state index contributed by atoms with van der Waals surface area (Å²) in [6, 6.07) is 1.31. The quantitative estimate of drug-likeness (QED) is 0.564. The second-order valence-electron chi connectivity index (χ2n) is 3.95. The van der Waals surface area contributed by atoms with Crippen molar-refractivity contribution in [2.45, 2.75) is 19.4 Å². The highest BCUT2D eigenvalue weighted by atomic mass is 16.6. The highest BCUT2D eigenvalue weighted by molar-refractivity contribution is 5.67. The molecule has 0 spiro atoms. The van der Waals surface area contributed by atoms with Gasteiger partial charge in [-0.25, -0.2) is 4.98 Å². The molecule has 0 aliphatic carbocycles. The Morgan fingerprint density at radius 3 is 2.89 bits per heavy atom. The zero-order chi connectivity index (χ0) is 14.4. The fourth-order valence-electron chi connectivity index (χ4n) is 1.46. The van der Waals surface area contributed by atoms with Crippen molar-refractivity contribution >= 4 is 17.5 Å². The average Bonchev–Trinajstić information content (AvgIpc) is 2.35. The fourth-order valence-corrected chi connectivity index (χ4v) is 1.46. The Balaban J connectivity index is 2.69. The summed E-state index contributed by atoms with van der Waals surface area (Å²) >= 11 is 0. The number of aromatic nitrogens is 1. The van der Waals surface area contributed by atoms with Crippen molar-refractivity contribution in [3.05, 3.63) is 27.9 Å². The van der Waals surface area contributed by atoms with Crippen molar-refractivity contribution in [3.63, 3.8) is 0 Å². The third kappa shape index (κ3) is 4.51. The van der Waals surface area contributed by atoms with E-state index < -0.39 is 17.0 Å². The van der Waals surface area contributed by atoms with E-state index in [0.29, 0.717) is 11.4 Å². The molecule has 1 unspecified atom stereocenters. The van der Waals surface area contributed by atoms with Crippen molar-refractivity contribution in [1.29, 1.82) is 0 Å². The summed E-state index contributed by atoms with van der Waals surface area (Å²) in [6.07, 6.45) is 0.705. The molecule has 0 aliphatic rings. The number of aliphatic carboxylic acids is 1. The lowest BCUT2D eigenvalue weighted by molar-refractivity contribution is -0.385. The summed E-state index contributed by atoms with van der Waals surface area (Å²) in [5.41, 5.74) is 0.425. The average molecular weight is 269 g/mol. The molecule has 19 heavy (non-hydrogen) atoms. The van der Waals surface area contributed by atoms with Crippen LogP contribution in [0.4, 0.5) is 11.5 Å². The van der Waals surface area contributed by atoms with Crippen molar-refractivity contribution in [2.24, 2.45) is 0 Å². The Morgan fingerprint density at radius 1 is 1.68 bits per heavy atom. The van der Waals surface area contributed by atoms with E-state index in [1.54, 1.807) is 6.92 Å². The van der Waals surface area contributed by atoms with Crippen LogP contribution in [0, 0.1) is 17.0 Å². The molecule has 1 aromatic heterocycles. The summed E-state index contributed by atoms with van der Waals surface area (Å²) in [6.45, 7) is 1.80. The van der Waals surface area contributed by atoms with Crippen LogP contribution < -0.4 is 5.32 Å². The number of nitrogens with one attached hydrogen (secondary N) is 1. The number of nitro groups is 1. The van der Waals surface area contributed by atoms with E-state index in [4.69, 9.17) is 9.84 Å². The first-order valence-corrected chi connectivity index (χ1v) is 5.53. The zero-order valence-electron chi connectivity index (χ0n) is 10.6. The van der Waals surface area contributed by atoms with E-state index in [2.05, 4.69) is 10.3 Å². The number of carbonyl (C=O) groups is 1. The molecule has 0 fully saturated rings. The molecule has 0 radical (unpaired) electrons. The first-order chi connectivity index (χ1) is 8.93. The Bertz CT molecular complexity index is 477. The number of hydrogen-bond donors (Lipinski definition) is 2. The number of hydrogen-bond acceptors (Lipinski definition) is 6. The highest BCUT2D eigenvalue weighted by Gasteiger charge is 2.15. The van der Waals surface area contributed by atoms with Crippen LogP contribution in [0.2, 0.25) is 0 Å². The lowest BCUT2D eigenvalue weighted by Gasteiger charge is -2.14. The van der Waals surface area contributed by atoms with Crippen LogP contribution >= 0.6 is 0 Å². The number of aryl methyl sites for hydroxylation is 1. The summed E-state index contributed by atoms with van der Waals surface area (Å²) in [4.78, 5) is 24.8. The number of anilines is 1. The topological polar surface area (TPSA) is 115 Å². The Hall–Kier alpha value is -2.22. The SMILES string of the molecule is COC(CNc1cc([N+](=O)[O-])c(C)cn1)CC(=O)O. The number of ether oxygens (including phenoxy) is 1. The Morgan fingerprint density at radius 2 is 2.37 bits per heavy atom. The zero-order valence-corrected chi connectivity index (χ0v) is 10.6. The highest BCUT2D eigenvalue weighted by Crippen LogP contribution is 2.19. The third-order valence-electron chi connectivity index (χ3n) is 2.52. The number of nitrogens with zero attached hydrogens (tertiary/aromatic N) is 2. The molecule has 0 bridgehead atoms. The van der Waals surface area contributed by atoms with E-state index in [9.17, 15) is 14.9 Å². The van der Waals surface area contributed by atoms with Crippen molar-refractivity contribution < 1.29 is 19.6 Å². The minimum atomic E-state index is -0.975. The number of rotatable bonds is 7. The maximum Gasteiger partial charge on any atom is 0.306 e. The van der Waals surface area contributed by atoms with Crippen molar-refractivity contribution in [2.75, 3.05) is 19.0 Å². The predicted molar refractivity (Wildman–Crippen MR) is 67.2 cm³/mol. The van der Waals surface area contributed by atoms with Gasteiger partial charge in [-0.05, 0) is 6.92 Å². The predicted octanol–water partition coefficient (Wildman–Crippen LogP) is 1.20. The monoisotopic (exact) mass is 269 g/mol. The van der Waals surface area contributed by atoms with Crippen LogP contribution in [-0.4, -0.2) is 40.7 Å². The van der Waals surface area contributed by atoms with Gasteiger partial charge in [0.25, 0.3) is 5.69 Å². The Labute approximate surface area is 109 Å². The number of carboxylic acid groups (broad SMARTS) is 1. The van der Waals surface area contributed by atoms with Crippen molar-refractivity contribution in [3.8, 4) is 0 Å². The van der Waals surface area contributed by atoms with E-state index in [-0.39, 0.29) is 18.7 Å². The van der Waals surface area contributed by atoms with Crippen molar-refractivity contribution in [1.82, 2.24) is 4.98 Å². The molecule has 0 aromatic carbocycles. The van der Waals surface area contributed by atoms with Gasteiger partial charge in [-0.15, -0.1) is 0 Å². The second kappa shape index (κ2) is 6.64. The van der Waals surface area contributed by atoms with Crippen LogP contribution in [-0.2, 0) is 9.53 Å². The number of carboxylic acids is 1. The summed E-state index contributed by atoms with van der Waals surface area (Å²) in [5, 5.41) is 22.2. The minimum absolute atomic E-state index is 0.0373. The van der Waals surface area contributed by atoms with E-state index in [1.165, 1.54) is 19.4 Å². The van der Waals surface area contributed by atoms with Gasteiger partial charge in [-0.3, -0.25) is 14.9 Å². The normalized spacial score (nSPS) is 11.9. The van der Waals surface area contributed by atoms with E-state index in [0.717, 1.165) is 0 Å². The molecule has 8 heteroatoms. The van der Waals surface area contributed by atoms with Gasteiger partial charge in [0.15, 0.2) is 0 Å². The molecule has 0 aliphatic heterocycles. The summed E-state index contributed by atoms with van der Waals surface area (Å²) in [7, 11) is 1.40. The lowest BCUT2D eigenvalue weighted by Crippen LogP contribution is -2.25. The molecule has 2 N–H and O–H groups in total. The number of methoxy groups -OCH3 is 1. The van der Waals surface area contributed by atoms with Gasteiger partial charge in [0.1, 0.15) is 5.82 Å². The van der Waals surface area contributed by atoms with Gasteiger partial charge in [0.05, 0.1) is 23.5 Å².